The fourth-order valence-electron chi connectivity index (χ4n) is 7.20. The molecule has 162 valence electrons. The number of unbranched alkanes of at least 4 members (excludes halogenated alkanes) is 2. The Morgan fingerprint density at radius 1 is 0.786 bits per heavy atom. The van der Waals surface area contributed by atoms with Gasteiger partial charge in [0.2, 0.25) is 0 Å². The first-order valence-electron chi connectivity index (χ1n) is 12.8. The minimum absolute atomic E-state index is 0.177. The van der Waals surface area contributed by atoms with Crippen LogP contribution in [-0.2, 0) is 9.53 Å². The van der Waals surface area contributed by atoms with E-state index in [9.17, 15) is 4.79 Å². The van der Waals surface area contributed by atoms with Gasteiger partial charge in [0.05, 0.1) is 12.0 Å². The molecule has 0 aromatic heterocycles. The van der Waals surface area contributed by atoms with Crippen LogP contribution in [0.25, 0.3) is 0 Å². The molecule has 0 heterocycles. The van der Waals surface area contributed by atoms with Crippen molar-refractivity contribution in [2.45, 2.75) is 129 Å². The standard InChI is InChI=1S/C26H46O2/c1-3-5-12-21-28-24(27)26(17-10-7-11-18-26)25(4-2)19-15-23(16-20-25)22-13-8-6-9-14-22/h22-23H,3-21H2,1-2H3. The molecule has 0 unspecified atom stereocenters. The van der Waals surface area contributed by atoms with Gasteiger partial charge in [0.1, 0.15) is 0 Å². The normalized spacial score (nSPS) is 31.4. The number of hydrogen-bond acceptors (Lipinski definition) is 2. The molecule has 0 N–H and O–H groups in total. The summed E-state index contributed by atoms with van der Waals surface area (Å²) in [4.78, 5) is 13.5. The van der Waals surface area contributed by atoms with Crippen molar-refractivity contribution in [1.29, 1.82) is 0 Å². The summed E-state index contributed by atoms with van der Waals surface area (Å²) in [5.41, 5.74) is 0.0319. The Morgan fingerprint density at radius 2 is 1.39 bits per heavy atom. The first-order valence-corrected chi connectivity index (χ1v) is 12.8. The van der Waals surface area contributed by atoms with Crippen LogP contribution in [0.15, 0.2) is 0 Å². The fourth-order valence-corrected chi connectivity index (χ4v) is 7.20. The lowest BCUT2D eigenvalue weighted by atomic mass is 9.49. The van der Waals surface area contributed by atoms with Crippen molar-refractivity contribution in [3.63, 3.8) is 0 Å². The van der Waals surface area contributed by atoms with E-state index in [1.165, 1.54) is 89.9 Å². The molecule has 28 heavy (non-hydrogen) atoms. The van der Waals surface area contributed by atoms with Crippen LogP contribution in [0.4, 0.5) is 0 Å². The lowest BCUT2D eigenvalue weighted by molar-refractivity contribution is -0.175. The van der Waals surface area contributed by atoms with Crippen molar-refractivity contribution in [3.8, 4) is 0 Å². The Balaban J connectivity index is 1.69. The third-order valence-corrected chi connectivity index (χ3v) is 9.07. The molecule has 2 heteroatoms. The second kappa shape index (κ2) is 10.5. The molecule has 3 saturated carbocycles. The minimum Gasteiger partial charge on any atom is -0.465 e. The number of carbonyl (C=O) groups excluding carboxylic acids is 1. The first-order chi connectivity index (χ1) is 13.7. The van der Waals surface area contributed by atoms with Crippen LogP contribution >= 0.6 is 0 Å². The van der Waals surface area contributed by atoms with Crippen LogP contribution in [-0.4, -0.2) is 12.6 Å². The van der Waals surface area contributed by atoms with E-state index < -0.39 is 0 Å². The summed E-state index contributed by atoms with van der Waals surface area (Å²) in [5.74, 6) is 2.09. The van der Waals surface area contributed by atoms with Gasteiger partial charge in [0.15, 0.2) is 0 Å². The smallest absolute Gasteiger partial charge is 0.312 e. The maximum absolute atomic E-state index is 13.5. The predicted molar refractivity (Wildman–Crippen MR) is 117 cm³/mol. The van der Waals surface area contributed by atoms with Gasteiger partial charge in [-0.15, -0.1) is 0 Å². The Kier molecular flexibility index (Phi) is 8.30. The van der Waals surface area contributed by atoms with Gasteiger partial charge in [-0.05, 0) is 68.6 Å². The molecule has 0 amide bonds. The van der Waals surface area contributed by atoms with Crippen molar-refractivity contribution in [2.75, 3.05) is 6.61 Å². The highest BCUT2D eigenvalue weighted by Crippen LogP contribution is 2.60. The highest BCUT2D eigenvalue weighted by Gasteiger charge is 2.57. The second-order valence-electron chi connectivity index (χ2n) is 10.4. The summed E-state index contributed by atoms with van der Waals surface area (Å²) in [6, 6.07) is 0. The molecule has 0 spiro atoms. The molecule has 3 rings (SSSR count). The first kappa shape index (κ1) is 22.2. The third-order valence-electron chi connectivity index (χ3n) is 9.07. The van der Waals surface area contributed by atoms with Crippen molar-refractivity contribution < 1.29 is 9.53 Å². The molecular weight excluding hydrogens is 344 g/mol. The highest BCUT2D eigenvalue weighted by atomic mass is 16.5. The zero-order chi connectivity index (χ0) is 19.9. The molecule has 0 bridgehead atoms. The molecule has 2 nitrogen and oxygen atoms in total. The highest BCUT2D eigenvalue weighted by molar-refractivity contribution is 5.78. The van der Waals surface area contributed by atoms with Crippen molar-refractivity contribution in [2.24, 2.45) is 22.7 Å². The maximum Gasteiger partial charge on any atom is 0.312 e. The predicted octanol–water partition coefficient (Wildman–Crippen LogP) is 7.84. The van der Waals surface area contributed by atoms with E-state index in [-0.39, 0.29) is 16.8 Å². The lowest BCUT2D eigenvalue weighted by Gasteiger charge is -2.54. The summed E-state index contributed by atoms with van der Waals surface area (Å²) in [6.45, 7) is 5.21. The van der Waals surface area contributed by atoms with E-state index in [4.69, 9.17) is 4.74 Å². The van der Waals surface area contributed by atoms with Gasteiger partial charge in [-0.3, -0.25) is 4.79 Å². The van der Waals surface area contributed by atoms with Crippen LogP contribution in [0.3, 0.4) is 0 Å². The quantitative estimate of drug-likeness (QED) is 0.312. The van der Waals surface area contributed by atoms with Crippen LogP contribution < -0.4 is 0 Å². The summed E-state index contributed by atoms with van der Waals surface area (Å²) in [6.07, 6.45) is 23.0. The Bertz CT molecular complexity index is 463. The molecule has 3 aliphatic carbocycles. The Labute approximate surface area is 174 Å². The summed E-state index contributed by atoms with van der Waals surface area (Å²) in [7, 11) is 0. The lowest BCUT2D eigenvalue weighted by Crippen LogP contribution is -2.51. The SMILES string of the molecule is CCCCCOC(=O)C1(C2(CC)CCC(C3CCCCC3)CC2)CCCCC1. The number of rotatable bonds is 8. The average molecular weight is 391 g/mol. The number of ether oxygens (including phenoxy) is 1. The minimum atomic E-state index is -0.177. The average Bonchev–Trinajstić information content (AvgIpc) is 2.77. The van der Waals surface area contributed by atoms with Gasteiger partial charge in [0.25, 0.3) is 0 Å². The second-order valence-corrected chi connectivity index (χ2v) is 10.4. The van der Waals surface area contributed by atoms with Gasteiger partial charge in [0, 0.05) is 0 Å². The molecule has 0 aliphatic heterocycles. The van der Waals surface area contributed by atoms with E-state index in [1.54, 1.807) is 0 Å². The molecule has 0 atom stereocenters. The van der Waals surface area contributed by atoms with E-state index in [2.05, 4.69) is 13.8 Å². The Morgan fingerprint density at radius 3 is 2.00 bits per heavy atom. The summed E-state index contributed by atoms with van der Waals surface area (Å²) in [5, 5.41) is 0. The van der Waals surface area contributed by atoms with Crippen molar-refractivity contribution >= 4 is 5.97 Å². The summed E-state index contributed by atoms with van der Waals surface area (Å²) < 4.78 is 5.97. The molecule has 3 aliphatic rings. The van der Waals surface area contributed by atoms with Crippen LogP contribution in [0.1, 0.15) is 129 Å². The topological polar surface area (TPSA) is 26.3 Å². The van der Waals surface area contributed by atoms with Crippen molar-refractivity contribution in [3.05, 3.63) is 0 Å². The monoisotopic (exact) mass is 390 g/mol. The van der Waals surface area contributed by atoms with E-state index in [0.29, 0.717) is 6.61 Å². The van der Waals surface area contributed by atoms with Gasteiger partial charge < -0.3 is 4.74 Å². The van der Waals surface area contributed by atoms with Gasteiger partial charge in [-0.2, -0.15) is 0 Å². The van der Waals surface area contributed by atoms with Crippen LogP contribution in [0, 0.1) is 22.7 Å². The zero-order valence-corrected chi connectivity index (χ0v) is 18.9. The molecular formula is C26H46O2. The van der Waals surface area contributed by atoms with E-state index >= 15 is 0 Å². The van der Waals surface area contributed by atoms with E-state index in [1.807, 2.05) is 0 Å². The molecule has 0 saturated heterocycles. The number of esters is 1. The molecule has 0 aromatic rings. The van der Waals surface area contributed by atoms with Gasteiger partial charge in [-0.25, -0.2) is 0 Å². The summed E-state index contributed by atoms with van der Waals surface area (Å²) >= 11 is 0. The molecule has 0 aromatic carbocycles. The fraction of sp³-hybridized carbons (Fsp3) is 0.962. The van der Waals surface area contributed by atoms with Crippen molar-refractivity contribution in [1.82, 2.24) is 0 Å². The zero-order valence-electron chi connectivity index (χ0n) is 18.9. The Hall–Kier alpha value is -0.530. The largest absolute Gasteiger partial charge is 0.465 e. The van der Waals surface area contributed by atoms with Gasteiger partial charge >= 0.3 is 5.97 Å². The van der Waals surface area contributed by atoms with Gasteiger partial charge in [-0.1, -0.05) is 78.1 Å². The van der Waals surface area contributed by atoms with E-state index in [0.717, 1.165) is 37.5 Å². The number of carbonyl (C=O) groups is 1. The molecule has 0 radical (unpaired) electrons. The number of hydrogen-bond donors (Lipinski definition) is 0. The van der Waals surface area contributed by atoms with Crippen LogP contribution in [0.5, 0.6) is 0 Å². The third kappa shape index (κ3) is 4.62. The van der Waals surface area contributed by atoms with Crippen LogP contribution in [0.2, 0.25) is 0 Å². The maximum atomic E-state index is 13.5. The molecule has 3 fully saturated rings.